The molecule has 1 atom stereocenters. The molecule has 1 heterocycles. The molecular formula is C13H11BrClF2NS. The van der Waals surface area contributed by atoms with E-state index in [1.54, 1.807) is 6.07 Å². The first-order valence-corrected chi connectivity index (χ1v) is 7.64. The molecule has 0 saturated heterocycles. The second-order valence-electron chi connectivity index (χ2n) is 3.93. The Kier molecular flexibility index (Phi) is 4.95. The van der Waals surface area contributed by atoms with E-state index in [2.05, 4.69) is 21.2 Å². The molecular weight excluding hydrogens is 356 g/mol. The average Bonchev–Trinajstić information content (AvgIpc) is 2.70. The quantitative estimate of drug-likeness (QED) is 0.790. The molecule has 102 valence electrons. The second-order valence-corrected chi connectivity index (χ2v) is 6.74. The summed E-state index contributed by atoms with van der Waals surface area (Å²) in [7, 11) is 0. The van der Waals surface area contributed by atoms with Crippen LogP contribution in [-0.2, 0) is 0 Å². The van der Waals surface area contributed by atoms with Gasteiger partial charge in [0, 0.05) is 4.88 Å². The second kappa shape index (κ2) is 6.31. The first kappa shape index (κ1) is 14.9. The minimum absolute atomic E-state index is 0.200. The molecule has 0 amide bonds. The molecule has 6 heteroatoms. The third kappa shape index (κ3) is 3.34. The van der Waals surface area contributed by atoms with E-state index in [-0.39, 0.29) is 6.04 Å². The number of hydrogen-bond acceptors (Lipinski definition) is 2. The summed E-state index contributed by atoms with van der Waals surface area (Å²) in [5.41, 5.74) is 0.672. The van der Waals surface area contributed by atoms with E-state index in [1.165, 1.54) is 17.4 Å². The van der Waals surface area contributed by atoms with E-state index in [1.807, 2.05) is 13.0 Å². The molecule has 2 aromatic rings. The molecule has 1 N–H and O–H groups in total. The van der Waals surface area contributed by atoms with Crippen molar-refractivity contribution in [2.24, 2.45) is 0 Å². The van der Waals surface area contributed by atoms with Gasteiger partial charge < -0.3 is 5.32 Å². The number of benzene rings is 1. The Labute approximate surface area is 127 Å². The summed E-state index contributed by atoms with van der Waals surface area (Å²) in [6, 6.07) is 5.55. The minimum atomic E-state index is -0.845. The van der Waals surface area contributed by atoms with Gasteiger partial charge in [0.05, 0.1) is 14.9 Å². The summed E-state index contributed by atoms with van der Waals surface area (Å²) in [5.74, 6) is -1.69. The lowest BCUT2D eigenvalue weighted by Crippen LogP contribution is -2.21. The van der Waals surface area contributed by atoms with Crippen LogP contribution in [0, 0.1) is 11.6 Å². The zero-order valence-electron chi connectivity index (χ0n) is 10.0. The number of hydrogen-bond donors (Lipinski definition) is 1. The van der Waals surface area contributed by atoms with Crippen LogP contribution in [0.25, 0.3) is 0 Å². The predicted octanol–water partition coefficient (Wildman–Crippen LogP) is 5.14. The van der Waals surface area contributed by atoms with Crippen molar-refractivity contribution < 1.29 is 8.78 Å². The van der Waals surface area contributed by atoms with Crippen LogP contribution in [-0.4, -0.2) is 6.54 Å². The Balaban J connectivity index is 2.41. The molecule has 0 radical (unpaired) electrons. The summed E-state index contributed by atoms with van der Waals surface area (Å²) >= 11 is 10.9. The highest BCUT2D eigenvalue weighted by Gasteiger charge is 2.18. The fourth-order valence-electron chi connectivity index (χ4n) is 1.78. The fourth-order valence-corrected chi connectivity index (χ4v) is 3.63. The zero-order chi connectivity index (χ0) is 14.0. The molecule has 2 rings (SSSR count). The Morgan fingerprint density at radius 2 is 2.05 bits per heavy atom. The van der Waals surface area contributed by atoms with Crippen molar-refractivity contribution in [2.75, 3.05) is 6.54 Å². The molecule has 19 heavy (non-hydrogen) atoms. The van der Waals surface area contributed by atoms with Crippen LogP contribution < -0.4 is 5.32 Å². The average molecular weight is 367 g/mol. The van der Waals surface area contributed by atoms with E-state index in [4.69, 9.17) is 11.6 Å². The largest absolute Gasteiger partial charge is 0.306 e. The number of thiophene rings is 1. The van der Waals surface area contributed by atoms with Crippen molar-refractivity contribution in [3.8, 4) is 0 Å². The number of nitrogens with one attached hydrogen (secondary N) is 1. The fraction of sp³-hybridized carbons (Fsp3) is 0.231. The molecule has 0 aliphatic carbocycles. The molecule has 0 bridgehead atoms. The SMILES string of the molecule is CCNC(c1ccc(F)c(F)c1)c1cc(Cl)c(Br)s1. The van der Waals surface area contributed by atoms with Gasteiger partial charge in [-0.2, -0.15) is 0 Å². The van der Waals surface area contributed by atoms with Gasteiger partial charge in [0.1, 0.15) is 0 Å². The predicted molar refractivity (Wildman–Crippen MR) is 78.9 cm³/mol. The van der Waals surface area contributed by atoms with Gasteiger partial charge in [0.25, 0.3) is 0 Å². The van der Waals surface area contributed by atoms with Crippen molar-refractivity contribution >= 4 is 38.9 Å². The molecule has 0 fully saturated rings. The van der Waals surface area contributed by atoms with Crippen LogP contribution in [0.3, 0.4) is 0 Å². The van der Waals surface area contributed by atoms with Crippen molar-refractivity contribution in [2.45, 2.75) is 13.0 Å². The van der Waals surface area contributed by atoms with Crippen molar-refractivity contribution in [1.82, 2.24) is 5.32 Å². The van der Waals surface area contributed by atoms with Gasteiger partial charge in [-0.15, -0.1) is 11.3 Å². The Morgan fingerprint density at radius 1 is 1.32 bits per heavy atom. The summed E-state index contributed by atoms with van der Waals surface area (Å²) in [4.78, 5) is 0.949. The molecule has 1 unspecified atom stereocenters. The van der Waals surface area contributed by atoms with Gasteiger partial charge in [-0.05, 0) is 46.2 Å². The van der Waals surface area contributed by atoms with Crippen LogP contribution in [0.15, 0.2) is 28.1 Å². The molecule has 0 spiro atoms. The third-order valence-electron chi connectivity index (χ3n) is 2.63. The van der Waals surface area contributed by atoms with Crippen LogP contribution in [0.4, 0.5) is 8.78 Å². The van der Waals surface area contributed by atoms with E-state index < -0.39 is 11.6 Å². The van der Waals surface area contributed by atoms with Crippen LogP contribution in [0.1, 0.15) is 23.4 Å². The van der Waals surface area contributed by atoms with Crippen molar-refractivity contribution in [1.29, 1.82) is 0 Å². The highest BCUT2D eigenvalue weighted by molar-refractivity contribution is 9.11. The molecule has 0 aliphatic rings. The standard InChI is InChI=1S/C13H11BrClF2NS/c1-2-18-12(11-6-8(15)13(14)19-11)7-3-4-9(16)10(17)5-7/h3-6,12,18H,2H2,1H3. The lowest BCUT2D eigenvalue weighted by atomic mass is 10.1. The smallest absolute Gasteiger partial charge is 0.159 e. The summed E-state index contributed by atoms with van der Waals surface area (Å²) in [6.45, 7) is 2.66. The maximum atomic E-state index is 13.3. The third-order valence-corrected chi connectivity index (χ3v) is 5.17. The topological polar surface area (TPSA) is 12.0 Å². The number of rotatable bonds is 4. The van der Waals surface area contributed by atoms with Crippen LogP contribution >= 0.6 is 38.9 Å². The molecule has 0 aliphatic heterocycles. The maximum absolute atomic E-state index is 13.3. The van der Waals surface area contributed by atoms with Crippen LogP contribution in [0.2, 0.25) is 5.02 Å². The molecule has 1 aromatic heterocycles. The van der Waals surface area contributed by atoms with E-state index in [0.717, 1.165) is 14.7 Å². The Morgan fingerprint density at radius 3 is 2.58 bits per heavy atom. The highest BCUT2D eigenvalue weighted by atomic mass is 79.9. The van der Waals surface area contributed by atoms with Gasteiger partial charge in [-0.25, -0.2) is 8.78 Å². The molecule has 1 aromatic carbocycles. The normalized spacial score (nSPS) is 12.7. The van der Waals surface area contributed by atoms with E-state index >= 15 is 0 Å². The Hall–Kier alpha value is -0.490. The van der Waals surface area contributed by atoms with Crippen molar-refractivity contribution in [3.63, 3.8) is 0 Å². The van der Waals surface area contributed by atoms with Gasteiger partial charge in [0.2, 0.25) is 0 Å². The van der Waals surface area contributed by atoms with Crippen molar-refractivity contribution in [3.05, 3.63) is 55.1 Å². The van der Waals surface area contributed by atoms with Gasteiger partial charge in [-0.1, -0.05) is 24.6 Å². The highest BCUT2D eigenvalue weighted by Crippen LogP contribution is 2.37. The zero-order valence-corrected chi connectivity index (χ0v) is 13.2. The number of halogens is 4. The minimum Gasteiger partial charge on any atom is -0.306 e. The van der Waals surface area contributed by atoms with Gasteiger partial charge in [-0.3, -0.25) is 0 Å². The molecule has 0 saturated carbocycles. The lowest BCUT2D eigenvalue weighted by molar-refractivity contribution is 0.504. The van der Waals surface area contributed by atoms with Gasteiger partial charge in [0.15, 0.2) is 11.6 Å². The van der Waals surface area contributed by atoms with E-state index in [0.29, 0.717) is 17.1 Å². The summed E-state index contributed by atoms with van der Waals surface area (Å²) in [5, 5.41) is 3.86. The lowest BCUT2D eigenvalue weighted by Gasteiger charge is -2.17. The van der Waals surface area contributed by atoms with Gasteiger partial charge >= 0.3 is 0 Å². The van der Waals surface area contributed by atoms with Crippen LogP contribution in [0.5, 0.6) is 0 Å². The van der Waals surface area contributed by atoms with E-state index in [9.17, 15) is 8.78 Å². The first-order valence-electron chi connectivity index (χ1n) is 5.66. The molecule has 1 nitrogen and oxygen atoms in total. The summed E-state index contributed by atoms with van der Waals surface area (Å²) in [6.07, 6.45) is 0. The maximum Gasteiger partial charge on any atom is 0.159 e. The Bertz CT molecular complexity index is 569. The summed E-state index contributed by atoms with van der Waals surface area (Å²) < 4.78 is 27.2. The monoisotopic (exact) mass is 365 g/mol. The first-order chi connectivity index (χ1) is 9.02.